The molecule has 1 aromatic heterocycles. The standard InChI is InChI=1S/C21H23N3O2/c1-16(25)23-15-19-14-18(11-12-22-19)20-8-5-13-24(20)21(26)10-9-17-6-3-2-4-7-17/h2-4,6-7,9-12,14,20H,5,8,13,15H2,1H3,(H,23,25)/b10-9+/t20-/m0/s1. The second-order valence-electron chi connectivity index (χ2n) is 6.42. The fraction of sp³-hybridized carbons (Fsp3) is 0.286. The van der Waals surface area contributed by atoms with Crippen LogP contribution >= 0.6 is 0 Å². The summed E-state index contributed by atoms with van der Waals surface area (Å²) in [7, 11) is 0. The maximum atomic E-state index is 12.7. The lowest BCUT2D eigenvalue weighted by molar-refractivity contribution is -0.126. The molecule has 0 bridgehead atoms. The van der Waals surface area contributed by atoms with Gasteiger partial charge in [0.25, 0.3) is 0 Å². The van der Waals surface area contributed by atoms with E-state index in [4.69, 9.17) is 0 Å². The van der Waals surface area contributed by atoms with Crippen molar-refractivity contribution < 1.29 is 9.59 Å². The molecule has 1 aliphatic rings. The van der Waals surface area contributed by atoms with Crippen molar-refractivity contribution in [3.63, 3.8) is 0 Å². The highest BCUT2D eigenvalue weighted by molar-refractivity contribution is 5.92. The highest BCUT2D eigenvalue weighted by atomic mass is 16.2. The highest BCUT2D eigenvalue weighted by Crippen LogP contribution is 2.32. The van der Waals surface area contributed by atoms with Crippen LogP contribution in [0, 0.1) is 0 Å². The molecule has 1 fully saturated rings. The molecule has 3 rings (SSSR count). The molecule has 0 saturated carbocycles. The zero-order valence-electron chi connectivity index (χ0n) is 14.9. The van der Waals surface area contributed by atoms with Crippen molar-refractivity contribution in [1.29, 1.82) is 0 Å². The number of likely N-dealkylation sites (tertiary alicyclic amines) is 1. The number of aromatic nitrogens is 1. The van der Waals surface area contributed by atoms with Crippen molar-refractivity contribution in [3.8, 4) is 0 Å². The van der Waals surface area contributed by atoms with Gasteiger partial charge in [-0.05, 0) is 42.2 Å². The van der Waals surface area contributed by atoms with E-state index in [1.54, 1.807) is 12.3 Å². The summed E-state index contributed by atoms with van der Waals surface area (Å²) in [6.07, 6.45) is 7.17. The van der Waals surface area contributed by atoms with Crippen LogP contribution in [-0.4, -0.2) is 28.2 Å². The third-order valence-corrected chi connectivity index (χ3v) is 4.50. The van der Waals surface area contributed by atoms with Gasteiger partial charge in [-0.15, -0.1) is 0 Å². The van der Waals surface area contributed by atoms with E-state index in [1.807, 2.05) is 53.4 Å². The molecule has 1 saturated heterocycles. The van der Waals surface area contributed by atoms with E-state index < -0.39 is 0 Å². The van der Waals surface area contributed by atoms with Crippen LogP contribution in [0.25, 0.3) is 6.08 Å². The second kappa shape index (κ2) is 8.43. The van der Waals surface area contributed by atoms with Gasteiger partial charge < -0.3 is 10.2 Å². The lowest BCUT2D eigenvalue weighted by Crippen LogP contribution is -2.29. The van der Waals surface area contributed by atoms with Crippen molar-refractivity contribution >= 4 is 17.9 Å². The smallest absolute Gasteiger partial charge is 0.247 e. The van der Waals surface area contributed by atoms with Crippen molar-refractivity contribution in [2.45, 2.75) is 32.4 Å². The lowest BCUT2D eigenvalue weighted by Gasteiger charge is -2.24. The third kappa shape index (κ3) is 4.57. The maximum absolute atomic E-state index is 12.7. The van der Waals surface area contributed by atoms with Crippen LogP contribution in [0.1, 0.15) is 42.6 Å². The molecule has 0 aliphatic carbocycles. The molecular weight excluding hydrogens is 326 g/mol. The van der Waals surface area contributed by atoms with Crippen LogP contribution in [0.2, 0.25) is 0 Å². The number of hydrogen-bond donors (Lipinski definition) is 1. The fourth-order valence-corrected chi connectivity index (χ4v) is 3.22. The van der Waals surface area contributed by atoms with E-state index in [9.17, 15) is 9.59 Å². The quantitative estimate of drug-likeness (QED) is 0.844. The summed E-state index contributed by atoms with van der Waals surface area (Å²) < 4.78 is 0. The summed E-state index contributed by atoms with van der Waals surface area (Å²) in [5.74, 6) is -0.0579. The summed E-state index contributed by atoms with van der Waals surface area (Å²) in [5, 5.41) is 2.76. The average Bonchev–Trinajstić information content (AvgIpc) is 3.15. The average molecular weight is 349 g/mol. The number of nitrogens with zero attached hydrogens (tertiary/aromatic N) is 2. The molecule has 1 aromatic carbocycles. The molecule has 134 valence electrons. The van der Waals surface area contributed by atoms with Gasteiger partial charge in [0.2, 0.25) is 11.8 Å². The van der Waals surface area contributed by atoms with E-state index in [-0.39, 0.29) is 17.9 Å². The molecule has 0 unspecified atom stereocenters. The first-order valence-corrected chi connectivity index (χ1v) is 8.86. The minimum Gasteiger partial charge on any atom is -0.351 e. The normalized spacial score (nSPS) is 16.8. The zero-order chi connectivity index (χ0) is 18.4. The first-order valence-electron chi connectivity index (χ1n) is 8.86. The summed E-state index contributed by atoms with van der Waals surface area (Å²) >= 11 is 0. The number of rotatable bonds is 5. The molecule has 0 spiro atoms. The van der Waals surface area contributed by atoms with Gasteiger partial charge in [-0.25, -0.2) is 0 Å². The maximum Gasteiger partial charge on any atom is 0.247 e. The Morgan fingerprint density at radius 2 is 2.08 bits per heavy atom. The van der Waals surface area contributed by atoms with Gasteiger partial charge >= 0.3 is 0 Å². The zero-order valence-corrected chi connectivity index (χ0v) is 14.9. The molecule has 1 aliphatic heterocycles. The molecule has 5 heteroatoms. The monoisotopic (exact) mass is 349 g/mol. The molecule has 1 atom stereocenters. The van der Waals surface area contributed by atoms with Crippen molar-refractivity contribution in [3.05, 3.63) is 71.6 Å². The molecular formula is C21H23N3O2. The Bertz CT molecular complexity index is 802. The van der Waals surface area contributed by atoms with Gasteiger partial charge in [-0.1, -0.05) is 30.3 Å². The summed E-state index contributed by atoms with van der Waals surface area (Å²) in [5.41, 5.74) is 2.88. The number of amides is 2. The number of pyridine rings is 1. The first kappa shape index (κ1) is 17.9. The number of benzene rings is 1. The van der Waals surface area contributed by atoms with Gasteiger partial charge in [0, 0.05) is 25.7 Å². The lowest BCUT2D eigenvalue weighted by atomic mass is 10.0. The first-order chi connectivity index (χ1) is 12.6. The molecule has 2 heterocycles. The van der Waals surface area contributed by atoms with Gasteiger partial charge in [0.15, 0.2) is 0 Å². The summed E-state index contributed by atoms with van der Waals surface area (Å²) in [6, 6.07) is 13.8. The van der Waals surface area contributed by atoms with Crippen LogP contribution in [0.15, 0.2) is 54.7 Å². The Morgan fingerprint density at radius 3 is 2.85 bits per heavy atom. The van der Waals surface area contributed by atoms with Crippen LogP contribution in [0.5, 0.6) is 0 Å². The molecule has 0 radical (unpaired) electrons. The van der Waals surface area contributed by atoms with E-state index >= 15 is 0 Å². The predicted octanol–water partition coefficient (Wildman–Crippen LogP) is 3.09. The van der Waals surface area contributed by atoms with Crippen molar-refractivity contribution in [2.24, 2.45) is 0 Å². The van der Waals surface area contributed by atoms with Crippen molar-refractivity contribution in [1.82, 2.24) is 15.2 Å². The second-order valence-corrected chi connectivity index (χ2v) is 6.42. The molecule has 2 aromatic rings. The number of carbonyl (C=O) groups excluding carboxylic acids is 2. The highest BCUT2D eigenvalue weighted by Gasteiger charge is 2.28. The Hall–Kier alpha value is -2.95. The minimum absolute atomic E-state index is 0.0246. The van der Waals surface area contributed by atoms with E-state index in [2.05, 4.69) is 10.3 Å². The predicted molar refractivity (Wildman–Crippen MR) is 101 cm³/mol. The minimum atomic E-state index is -0.0825. The Morgan fingerprint density at radius 1 is 1.27 bits per heavy atom. The van der Waals surface area contributed by atoms with Gasteiger partial charge in [0.1, 0.15) is 0 Å². The summed E-state index contributed by atoms with van der Waals surface area (Å²) in [4.78, 5) is 30.0. The van der Waals surface area contributed by atoms with Gasteiger partial charge in [-0.3, -0.25) is 14.6 Å². The SMILES string of the molecule is CC(=O)NCc1cc([C@@H]2CCCN2C(=O)/C=C/c2ccccc2)ccn1. The van der Waals surface area contributed by atoms with Gasteiger partial charge in [-0.2, -0.15) is 0 Å². The van der Waals surface area contributed by atoms with Crippen molar-refractivity contribution in [2.75, 3.05) is 6.54 Å². The van der Waals surface area contributed by atoms with E-state index in [0.29, 0.717) is 6.54 Å². The van der Waals surface area contributed by atoms with Crippen LogP contribution < -0.4 is 5.32 Å². The van der Waals surface area contributed by atoms with Crippen LogP contribution in [0.3, 0.4) is 0 Å². The Labute approximate surface area is 153 Å². The van der Waals surface area contributed by atoms with E-state index in [1.165, 1.54) is 6.92 Å². The van der Waals surface area contributed by atoms with Crippen LogP contribution in [0.4, 0.5) is 0 Å². The number of hydrogen-bond acceptors (Lipinski definition) is 3. The summed E-state index contributed by atoms with van der Waals surface area (Å²) in [6.45, 7) is 2.64. The third-order valence-electron chi connectivity index (χ3n) is 4.50. The molecule has 2 amide bonds. The number of carbonyl (C=O) groups is 2. The number of nitrogens with one attached hydrogen (secondary N) is 1. The molecule has 1 N–H and O–H groups in total. The largest absolute Gasteiger partial charge is 0.351 e. The topological polar surface area (TPSA) is 62.3 Å². The Kier molecular flexibility index (Phi) is 5.79. The van der Waals surface area contributed by atoms with Gasteiger partial charge in [0.05, 0.1) is 18.3 Å². The molecule has 5 nitrogen and oxygen atoms in total. The van der Waals surface area contributed by atoms with Crippen LogP contribution in [-0.2, 0) is 16.1 Å². The Balaban J connectivity index is 1.71. The fourth-order valence-electron chi connectivity index (χ4n) is 3.22. The molecule has 26 heavy (non-hydrogen) atoms. The van der Waals surface area contributed by atoms with E-state index in [0.717, 1.165) is 36.2 Å².